The van der Waals surface area contributed by atoms with Crippen LogP contribution >= 0.6 is 0 Å². The Balaban J connectivity index is 1.97. The number of methoxy groups -OCH3 is 3. The van der Waals surface area contributed by atoms with E-state index in [1.807, 2.05) is 36.4 Å². The van der Waals surface area contributed by atoms with Crippen LogP contribution in [0.1, 0.15) is 11.3 Å². The van der Waals surface area contributed by atoms with E-state index in [1.165, 1.54) is 0 Å². The Morgan fingerprint density at radius 2 is 1.52 bits per heavy atom. The molecule has 23 heavy (non-hydrogen) atoms. The van der Waals surface area contributed by atoms with E-state index in [0.29, 0.717) is 23.7 Å². The summed E-state index contributed by atoms with van der Waals surface area (Å²) in [5, 5.41) is 0. The maximum absolute atomic E-state index is 5.39. The van der Waals surface area contributed by atoms with Crippen LogP contribution in [-0.2, 0) is 6.42 Å². The predicted molar refractivity (Wildman–Crippen MR) is 88.4 cm³/mol. The van der Waals surface area contributed by atoms with Gasteiger partial charge in [0.15, 0.2) is 11.5 Å². The molecule has 0 amide bonds. The quantitative estimate of drug-likeness (QED) is 0.724. The van der Waals surface area contributed by atoms with Crippen LogP contribution in [0, 0.1) is 0 Å². The molecule has 0 spiro atoms. The number of aromatic nitrogens is 2. The van der Waals surface area contributed by atoms with Gasteiger partial charge in [0.2, 0.25) is 5.75 Å². The third-order valence-electron chi connectivity index (χ3n) is 3.61. The summed E-state index contributed by atoms with van der Waals surface area (Å²) in [7, 11) is 4.81. The Hall–Kier alpha value is -2.82. The lowest BCUT2D eigenvalue weighted by Gasteiger charge is -2.14. The first kappa shape index (κ1) is 15.1. The first-order chi connectivity index (χ1) is 11.2. The second-order valence-electron chi connectivity index (χ2n) is 5.06. The summed E-state index contributed by atoms with van der Waals surface area (Å²) in [6.45, 7) is 0. The first-order valence-electron chi connectivity index (χ1n) is 7.24. The van der Waals surface area contributed by atoms with Gasteiger partial charge in [0, 0.05) is 12.6 Å². The molecule has 0 N–H and O–H groups in total. The molecule has 5 heteroatoms. The van der Waals surface area contributed by atoms with E-state index in [0.717, 1.165) is 22.3 Å². The van der Waals surface area contributed by atoms with Gasteiger partial charge >= 0.3 is 0 Å². The zero-order valence-corrected chi connectivity index (χ0v) is 13.4. The number of hydrogen-bond acceptors (Lipinski definition) is 5. The smallest absolute Gasteiger partial charge is 0.203 e. The van der Waals surface area contributed by atoms with Crippen LogP contribution in [0.15, 0.2) is 42.6 Å². The number of benzene rings is 2. The van der Waals surface area contributed by atoms with Crippen LogP contribution in [0.3, 0.4) is 0 Å². The van der Waals surface area contributed by atoms with Crippen LogP contribution in [-0.4, -0.2) is 31.3 Å². The summed E-state index contributed by atoms with van der Waals surface area (Å²) < 4.78 is 16.1. The van der Waals surface area contributed by atoms with Gasteiger partial charge < -0.3 is 14.2 Å². The Bertz CT molecular complexity index is 808. The van der Waals surface area contributed by atoms with Gasteiger partial charge in [-0.2, -0.15) is 0 Å². The lowest BCUT2D eigenvalue weighted by atomic mass is 10.1. The van der Waals surface area contributed by atoms with Crippen molar-refractivity contribution < 1.29 is 14.2 Å². The molecule has 0 aliphatic carbocycles. The predicted octanol–water partition coefficient (Wildman–Crippen LogP) is 3.25. The Morgan fingerprint density at radius 1 is 0.870 bits per heavy atom. The highest BCUT2D eigenvalue weighted by Crippen LogP contribution is 2.38. The molecular weight excluding hydrogens is 292 g/mol. The summed E-state index contributed by atoms with van der Waals surface area (Å²) in [6, 6.07) is 11.7. The fourth-order valence-electron chi connectivity index (χ4n) is 2.53. The van der Waals surface area contributed by atoms with Gasteiger partial charge in [-0.15, -0.1) is 0 Å². The minimum absolute atomic E-state index is 0.586. The average Bonchev–Trinajstić information content (AvgIpc) is 2.60. The highest BCUT2D eigenvalue weighted by Gasteiger charge is 2.13. The van der Waals surface area contributed by atoms with Gasteiger partial charge in [0.25, 0.3) is 0 Å². The normalized spacial score (nSPS) is 10.6. The molecule has 0 saturated heterocycles. The molecule has 0 aliphatic heterocycles. The highest BCUT2D eigenvalue weighted by atomic mass is 16.5. The van der Waals surface area contributed by atoms with E-state index in [1.54, 1.807) is 27.5 Å². The molecule has 0 bridgehead atoms. The fourth-order valence-corrected chi connectivity index (χ4v) is 2.53. The van der Waals surface area contributed by atoms with Crippen LogP contribution in [0.2, 0.25) is 0 Å². The van der Waals surface area contributed by atoms with Gasteiger partial charge in [-0.05, 0) is 29.8 Å². The van der Waals surface area contributed by atoms with Crippen molar-refractivity contribution in [3.05, 3.63) is 53.9 Å². The molecule has 1 aromatic heterocycles. The van der Waals surface area contributed by atoms with Crippen molar-refractivity contribution in [1.29, 1.82) is 0 Å². The van der Waals surface area contributed by atoms with Crippen LogP contribution in [0.5, 0.6) is 17.2 Å². The summed E-state index contributed by atoms with van der Waals surface area (Å²) in [5.41, 5.74) is 3.68. The number of para-hydroxylation sites is 2. The zero-order chi connectivity index (χ0) is 16.2. The van der Waals surface area contributed by atoms with Crippen molar-refractivity contribution in [2.24, 2.45) is 0 Å². The number of ether oxygens (including phenoxy) is 3. The molecule has 3 aromatic rings. The Labute approximate surface area is 134 Å². The van der Waals surface area contributed by atoms with Crippen molar-refractivity contribution in [2.45, 2.75) is 6.42 Å². The number of rotatable bonds is 5. The third kappa shape index (κ3) is 3.04. The maximum Gasteiger partial charge on any atom is 0.203 e. The van der Waals surface area contributed by atoms with E-state index in [2.05, 4.69) is 9.97 Å². The molecule has 2 aromatic carbocycles. The second-order valence-corrected chi connectivity index (χ2v) is 5.06. The second kappa shape index (κ2) is 6.52. The minimum atomic E-state index is 0.586. The number of hydrogen-bond donors (Lipinski definition) is 0. The summed E-state index contributed by atoms with van der Waals surface area (Å²) in [5.74, 6) is 1.86. The molecule has 0 radical (unpaired) electrons. The van der Waals surface area contributed by atoms with Gasteiger partial charge in [0.1, 0.15) is 0 Å². The minimum Gasteiger partial charge on any atom is -0.493 e. The van der Waals surface area contributed by atoms with Crippen LogP contribution < -0.4 is 14.2 Å². The standard InChI is InChI=1S/C18H18N2O3/c1-21-16-9-12(10-17(22-2)18(16)23-3)8-13-11-19-14-6-4-5-7-15(14)20-13/h4-7,9-11H,8H2,1-3H3. The molecule has 1 heterocycles. The van der Waals surface area contributed by atoms with Gasteiger partial charge in [-0.3, -0.25) is 4.98 Å². The van der Waals surface area contributed by atoms with Crippen LogP contribution in [0.4, 0.5) is 0 Å². The summed E-state index contributed by atoms with van der Waals surface area (Å²) >= 11 is 0. The lowest BCUT2D eigenvalue weighted by Crippen LogP contribution is -1.99. The van der Waals surface area contributed by atoms with E-state index in [9.17, 15) is 0 Å². The van der Waals surface area contributed by atoms with Gasteiger partial charge in [0.05, 0.1) is 38.1 Å². The topological polar surface area (TPSA) is 53.5 Å². The molecule has 3 rings (SSSR count). The lowest BCUT2D eigenvalue weighted by molar-refractivity contribution is 0.324. The molecule has 0 atom stereocenters. The monoisotopic (exact) mass is 310 g/mol. The molecule has 0 fully saturated rings. The van der Waals surface area contributed by atoms with Gasteiger partial charge in [-0.1, -0.05) is 12.1 Å². The molecular formula is C18H18N2O3. The molecule has 0 aliphatic rings. The SMILES string of the molecule is COc1cc(Cc2cnc3ccccc3n2)cc(OC)c1OC. The molecule has 0 unspecified atom stereocenters. The Kier molecular flexibility index (Phi) is 4.28. The molecule has 118 valence electrons. The number of nitrogens with zero attached hydrogens (tertiary/aromatic N) is 2. The summed E-state index contributed by atoms with van der Waals surface area (Å²) in [4.78, 5) is 9.10. The van der Waals surface area contributed by atoms with E-state index in [-0.39, 0.29) is 0 Å². The van der Waals surface area contributed by atoms with Gasteiger partial charge in [-0.25, -0.2) is 4.98 Å². The fraction of sp³-hybridized carbons (Fsp3) is 0.222. The van der Waals surface area contributed by atoms with E-state index < -0.39 is 0 Å². The van der Waals surface area contributed by atoms with E-state index >= 15 is 0 Å². The first-order valence-corrected chi connectivity index (χ1v) is 7.24. The van der Waals surface area contributed by atoms with Crippen molar-refractivity contribution in [3.8, 4) is 17.2 Å². The summed E-state index contributed by atoms with van der Waals surface area (Å²) in [6.07, 6.45) is 2.43. The average molecular weight is 310 g/mol. The van der Waals surface area contributed by atoms with Crippen molar-refractivity contribution in [2.75, 3.05) is 21.3 Å². The van der Waals surface area contributed by atoms with Crippen molar-refractivity contribution in [1.82, 2.24) is 9.97 Å². The van der Waals surface area contributed by atoms with Crippen molar-refractivity contribution >= 4 is 11.0 Å². The van der Waals surface area contributed by atoms with Crippen LogP contribution in [0.25, 0.3) is 11.0 Å². The zero-order valence-electron chi connectivity index (χ0n) is 13.4. The van der Waals surface area contributed by atoms with E-state index in [4.69, 9.17) is 14.2 Å². The molecule has 0 saturated carbocycles. The van der Waals surface area contributed by atoms with Crippen molar-refractivity contribution in [3.63, 3.8) is 0 Å². The highest BCUT2D eigenvalue weighted by molar-refractivity contribution is 5.73. The maximum atomic E-state index is 5.39. The molecule has 5 nitrogen and oxygen atoms in total. The third-order valence-corrected chi connectivity index (χ3v) is 3.61. The number of fused-ring (bicyclic) bond motifs is 1. The largest absolute Gasteiger partial charge is 0.493 e. The Morgan fingerprint density at radius 3 is 2.13 bits per heavy atom.